The Morgan fingerprint density at radius 1 is 1.20 bits per heavy atom. The first-order chi connectivity index (χ1) is 9.21. The number of rotatable bonds is 7. The van der Waals surface area contributed by atoms with Crippen molar-refractivity contribution >= 4 is 11.6 Å². The summed E-state index contributed by atoms with van der Waals surface area (Å²) in [5.41, 5.74) is 0.755. The summed E-state index contributed by atoms with van der Waals surface area (Å²) >= 11 is 5.95. The predicted molar refractivity (Wildman–Crippen MR) is 81.2 cm³/mol. The Labute approximate surface area is 125 Å². The first-order valence-electron chi connectivity index (χ1n) is 7.05. The minimum absolute atomic E-state index is 0.0864. The van der Waals surface area contributed by atoms with Crippen molar-refractivity contribution in [1.29, 1.82) is 0 Å². The third-order valence-electron chi connectivity index (χ3n) is 3.32. The van der Waals surface area contributed by atoms with Gasteiger partial charge < -0.3 is 5.32 Å². The van der Waals surface area contributed by atoms with Crippen LogP contribution < -0.4 is 5.32 Å². The lowest BCUT2D eigenvalue weighted by Crippen LogP contribution is -2.32. The van der Waals surface area contributed by atoms with Crippen molar-refractivity contribution in [1.82, 2.24) is 5.32 Å². The molecule has 0 saturated heterocycles. The van der Waals surface area contributed by atoms with E-state index in [2.05, 4.69) is 33.0 Å². The molecule has 1 rings (SSSR count). The van der Waals surface area contributed by atoms with Crippen molar-refractivity contribution in [2.24, 2.45) is 11.3 Å². The van der Waals surface area contributed by atoms with Crippen LogP contribution in [0.4, 0.5) is 8.78 Å². The van der Waals surface area contributed by atoms with E-state index in [0.717, 1.165) is 25.6 Å². The second kappa shape index (κ2) is 7.37. The van der Waals surface area contributed by atoms with Gasteiger partial charge in [0.05, 0.1) is 0 Å². The molecule has 0 aliphatic rings. The van der Waals surface area contributed by atoms with Crippen LogP contribution in [0.15, 0.2) is 12.1 Å². The first-order valence-corrected chi connectivity index (χ1v) is 7.43. The van der Waals surface area contributed by atoms with Crippen LogP contribution >= 0.6 is 11.6 Å². The summed E-state index contributed by atoms with van der Waals surface area (Å²) in [6.45, 7) is 10.5. The van der Waals surface area contributed by atoms with E-state index >= 15 is 0 Å². The largest absolute Gasteiger partial charge is 0.316 e. The minimum atomic E-state index is -0.892. The zero-order valence-electron chi connectivity index (χ0n) is 12.7. The number of halogens is 3. The molecule has 20 heavy (non-hydrogen) atoms. The van der Waals surface area contributed by atoms with E-state index in [1.165, 1.54) is 6.07 Å². The van der Waals surface area contributed by atoms with Crippen molar-refractivity contribution in [2.75, 3.05) is 13.1 Å². The minimum Gasteiger partial charge on any atom is -0.316 e. The standard InChI is InChI=1S/C16H24ClF2N/c1-11(2)9-20-10-16(3,4)6-5-12-7-14(18)15(19)8-13(12)17/h7-8,11,20H,5-6,9-10H2,1-4H3. The quantitative estimate of drug-likeness (QED) is 0.712. The second-order valence-electron chi connectivity index (χ2n) is 6.55. The molecule has 1 N–H and O–H groups in total. The van der Waals surface area contributed by atoms with Gasteiger partial charge in [-0.25, -0.2) is 8.78 Å². The highest BCUT2D eigenvalue weighted by molar-refractivity contribution is 6.31. The lowest BCUT2D eigenvalue weighted by molar-refractivity contribution is 0.308. The third kappa shape index (κ3) is 5.76. The summed E-state index contributed by atoms with van der Waals surface area (Å²) in [4.78, 5) is 0. The van der Waals surface area contributed by atoms with Gasteiger partial charge in [0.2, 0.25) is 0 Å². The molecule has 1 aromatic rings. The second-order valence-corrected chi connectivity index (χ2v) is 6.95. The molecule has 1 nitrogen and oxygen atoms in total. The fourth-order valence-corrected chi connectivity index (χ4v) is 2.26. The molecule has 0 unspecified atom stereocenters. The first kappa shape index (κ1) is 17.4. The van der Waals surface area contributed by atoms with Gasteiger partial charge in [0, 0.05) is 11.6 Å². The summed E-state index contributed by atoms with van der Waals surface area (Å²) in [7, 11) is 0. The molecule has 0 aliphatic heterocycles. The van der Waals surface area contributed by atoms with Gasteiger partial charge in [-0.1, -0.05) is 39.3 Å². The zero-order valence-corrected chi connectivity index (χ0v) is 13.5. The molecular formula is C16H24ClF2N. The van der Waals surface area contributed by atoms with Gasteiger partial charge in [-0.2, -0.15) is 0 Å². The average Bonchev–Trinajstić information content (AvgIpc) is 2.31. The van der Waals surface area contributed by atoms with Gasteiger partial charge in [-0.05, 0) is 48.4 Å². The van der Waals surface area contributed by atoms with Crippen LogP contribution in [0.2, 0.25) is 5.02 Å². The maximum Gasteiger partial charge on any atom is 0.160 e. The molecule has 4 heteroatoms. The normalized spacial score (nSPS) is 12.2. The fourth-order valence-electron chi connectivity index (χ4n) is 2.02. The van der Waals surface area contributed by atoms with Gasteiger partial charge >= 0.3 is 0 Å². The number of hydrogen-bond donors (Lipinski definition) is 1. The topological polar surface area (TPSA) is 12.0 Å². The van der Waals surface area contributed by atoms with E-state index in [1.807, 2.05) is 0 Å². The summed E-state index contributed by atoms with van der Waals surface area (Å²) in [5, 5.41) is 3.73. The third-order valence-corrected chi connectivity index (χ3v) is 3.67. The number of nitrogens with one attached hydrogen (secondary N) is 1. The number of benzene rings is 1. The maximum absolute atomic E-state index is 13.2. The van der Waals surface area contributed by atoms with E-state index in [4.69, 9.17) is 11.6 Å². The predicted octanol–water partition coefficient (Wildman–Crippen LogP) is 4.82. The maximum atomic E-state index is 13.2. The summed E-state index contributed by atoms with van der Waals surface area (Å²) in [5.74, 6) is -1.11. The van der Waals surface area contributed by atoms with E-state index in [1.54, 1.807) is 0 Å². The summed E-state index contributed by atoms with van der Waals surface area (Å²) < 4.78 is 26.2. The molecule has 0 bridgehead atoms. The van der Waals surface area contributed by atoms with Crippen LogP contribution in [0.25, 0.3) is 0 Å². The molecule has 0 amide bonds. The van der Waals surface area contributed by atoms with E-state index in [9.17, 15) is 8.78 Å². The molecule has 0 aliphatic carbocycles. The number of aryl methyl sites for hydroxylation is 1. The Kier molecular flexibility index (Phi) is 6.41. The molecule has 114 valence electrons. The highest BCUT2D eigenvalue weighted by Gasteiger charge is 2.19. The molecule has 0 heterocycles. The Balaban J connectivity index is 2.55. The van der Waals surface area contributed by atoms with E-state index in [0.29, 0.717) is 22.9 Å². The highest BCUT2D eigenvalue weighted by Crippen LogP contribution is 2.26. The molecule has 0 spiro atoms. The Bertz CT molecular complexity index is 444. The van der Waals surface area contributed by atoms with E-state index in [-0.39, 0.29) is 5.41 Å². The summed E-state index contributed by atoms with van der Waals surface area (Å²) in [6.07, 6.45) is 1.51. The Hall–Kier alpha value is -0.670. The fraction of sp³-hybridized carbons (Fsp3) is 0.625. The molecule has 0 aromatic heterocycles. The van der Waals surface area contributed by atoms with Gasteiger partial charge in [0.25, 0.3) is 0 Å². The highest BCUT2D eigenvalue weighted by atomic mass is 35.5. The van der Waals surface area contributed by atoms with Crippen LogP contribution in [0.5, 0.6) is 0 Å². The number of hydrogen-bond acceptors (Lipinski definition) is 1. The molecule has 0 fully saturated rings. The van der Waals surface area contributed by atoms with Crippen LogP contribution in [-0.2, 0) is 6.42 Å². The summed E-state index contributed by atoms with van der Waals surface area (Å²) in [6, 6.07) is 2.26. The lowest BCUT2D eigenvalue weighted by Gasteiger charge is -2.26. The monoisotopic (exact) mass is 303 g/mol. The zero-order chi connectivity index (χ0) is 15.3. The SMILES string of the molecule is CC(C)CNCC(C)(C)CCc1cc(F)c(F)cc1Cl. The van der Waals surface area contributed by atoms with Gasteiger partial charge in [0.15, 0.2) is 11.6 Å². The average molecular weight is 304 g/mol. The van der Waals surface area contributed by atoms with Crippen molar-refractivity contribution in [3.8, 4) is 0 Å². The molecule has 0 radical (unpaired) electrons. The van der Waals surface area contributed by atoms with Crippen molar-refractivity contribution in [3.63, 3.8) is 0 Å². The van der Waals surface area contributed by atoms with Gasteiger partial charge in [-0.15, -0.1) is 0 Å². The van der Waals surface area contributed by atoms with Gasteiger partial charge in [0.1, 0.15) is 0 Å². The van der Waals surface area contributed by atoms with Crippen molar-refractivity contribution in [3.05, 3.63) is 34.4 Å². The molecule has 0 atom stereocenters. The van der Waals surface area contributed by atoms with Gasteiger partial charge in [-0.3, -0.25) is 0 Å². The lowest BCUT2D eigenvalue weighted by atomic mass is 9.86. The van der Waals surface area contributed by atoms with Crippen molar-refractivity contribution in [2.45, 2.75) is 40.5 Å². The molecule has 0 saturated carbocycles. The van der Waals surface area contributed by atoms with Crippen molar-refractivity contribution < 1.29 is 8.78 Å². The van der Waals surface area contributed by atoms with Crippen LogP contribution in [0.1, 0.15) is 39.7 Å². The smallest absolute Gasteiger partial charge is 0.160 e. The molecule has 1 aromatic carbocycles. The molecular weight excluding hydrogens is 280 g/mol. The van der Waals surface area contributed by atoms with Crippen LogP contribution in [0.3, 0.4) is 0 Å². The van der Waals surface area contributed by atoms with Crippen LogP contribution in [-0.4, -0.2) is 13.1 Å². The van der Waals surface area contributed by atoms with E-state index < -0.39 is 11.6 Å². The van der Waals surface area contributed by atoms with Crippen LogP contribution in [0, 0.1) is 23.0 Å². The Morgan fingerprint density at radius 3 is 2.40 bits per heavy atom. The Morgan fingerprint density at radius 2 is 1.80 bits per heavy atom.